The van der Waals surface area contributed by atoms with Gasteiger partial charge in [0.1, 0.15) is 5.82 Å². The highest BCUT2D eigenvalue weighted by molar-refractivity contribution is 6.30. The molecule has 0 saturated carbocycles. The summed E-state index contributed by atoms with van der Waals surface area (Å²) in [6.45, 7) is 7.26. The van der Waals surface area contributed by atoms with Crippen LogP contribution in [0.1, 0.15) is 43.6 Å². The fourth-order valence-corrected chi connectivity index (χ4v) is 2.65. The average Bonchev–Trinajstić information content (AvgIpc) is 2.90. The van der Waals surface area contributed by atoms with Crippen LogP contribution in [0.4, 0.5) is 0 Å². The summed E-state index contributed by atoms with van der Waals surface area (Å²) in [5, 5.41) is 4.25. The van der Waals surface area contributed by atoms with Crippen LogP contribution in [-0.4, -0.2) is 16.1 Å². The molecule has 0 bridgehead atoms. The van der Waals surface area contributed by atoms with Crippen LogP contribution in [0.5, 0.6) is 0 Å². The van der Waals surface area contributed by atoms with Crippen molar-refractivity contribution in [1.82, 2.24) is 14.9 Å². The molecule has 0 fully saturated rings. The Morgan fingerprint density at radius 2 is 2.05 bits per heavy atom. The van der Waals surface area contributed by atoms with Crippen molar-refractivity contribution in [2.24, 2.45) is 0 Å². The molecule has 0 aliphatic carbocycles. The van der Waals surface area contributed by atoms with Crippen molar-refractivity contribution in [3.8, 4) is 0 Å². The van der Waals surface area contributed by atoms with Gasteiger partial charge in [-0.05, 0) is 42.6 Å². The summed E-state index contributed by atoms with van der Waals surface area (Å²) in [5.41, 5.74) is 2.56. The van der Waals surface area contributed by atoms with Crippen molar-refractivity contribution in [3.63, 3.8) is 0 Å². The summed E-state index contributed by atoms with van der Waals surface area (Å²) in [7, 11) is 0. The number of benzene rings is 1. The van der Waals surface area contributed by atoms with E-state index in [2.05, 4.69) is 47.0 Å². The molecular weight excluding hydrogens is 282 g/mol. The molecule has 3 nitrogen and oxygen atoms in total. The number of aryl methyl sites for hydroxylation is 1. The predicted molar refractivity (Wildman–Crippen MR) is 88.8 cm³/mol. The topological polar surface area (TPSA) is 29.9 Å². The molecule has 0 radical (unpaired) electrons. The van der Waals surface area contributed by atoms with E-state index in [1.165, 1.54) is 11.1 Å². The van der Waals surface area contributed by atoms with E-state index in [0.29, 0.717) is 0 Å². The number of hydrogen-bond acceptors (Lipinski definition) is 2. The van der Waals surface area contributed by atoms with E-state index in [1.807, 2.05) is 12.3 Å². The quantitative estimate of drug-likeness (QED) is 0.746. The Bertz CT molecular complexity index is 563. The van der Waals surface area contributed by atoms with E-state index < -0.39 is 0 Å². The molecule has 0 amide bonds. The van der Waals surface area contributed by atoms with Crippen LogP contribution in [0.2, 0.25) is 5.02 Å². The van der Waals surface area contributed by atoms with Crippen LogP contribution >= 0.6 is 11.6 Å². The largest absolute Gasteiger partial charge is 0.335 e. The number of nitrogens with zero attached hydrogens (tertiary/aromatic N) is 2. The first-order chi connectivity index (χ1) is 10.2. The lowest BCUT2D eigenvalue weighted by Crippen LogP contribution is -2.15. The molecule has 0 aliphatic heterocycles. The smallest absolute Gasteiger partial charge is 0.113 e. The first kappa shape index (κ1) is 16.1. The molecule has 1 N–H and O–H groups in total. The highest BCUT2D eigenvalue weighted by Crippen LogP contribution is 2.19. The van der Waals surface area contributed by atoms with E-state index in [9.17, 15) is 0 Å². The van der Waals surface area contributed by atoms with Crippen molar-refractivity contribution in [3.05, 3.63) is 52.6 Å². The predicted octanol–water partition coefficient (Wildman–Crippen LogP) is 4.04. The Morgan fingerprint density at radius 1 is 1.19 bits per heavy atom. The Kier molecular flexibility index (Phi) is 6.27. The second-order valence-corrected chi connectivity index (χ2v) is 5.74. The van der Waals surface area contributed by atoms with Crippen molar-refractivity contribution in [2.45, 2.75) is 46.2 Å². The third-order valence-corrected chi connectivity index (χ3v) is 3.76. The summed E-state index contributed by atoms with van der Waals surface area (Å²) in [5.74, 6) is 1.12. The zero-order valence-corrected chi connectivity index (χ0v) is 13.7. The molecule has 114 valence electrons. The maximum absolute atomic E-state index is 6.14. The summed E-state index contributed by atoms with van der Waals surface area (Å²) in [6, 6.07) is 6.15. The number of imidazole rings is 1. The molecule has 2 rings (SSSR count). The molecule has 4 heteroatoms. The van der Waals surface area contributed by atoms with Gasteiger partial charge in [-0.3, -0.25) is 0 Å². The van der Waals surface area contributed by atoms with Crippen molar-refractivity contribution < 1.29 is 0 Å². The van der Waals surface area contributed by atoms with Gasteiger partial charge >= 0.3 is 0 Å². The molecule has 0 unspecified atom stereocenters. The maximum Gasteiger partial charge on any atom is 0.113 e. The van der Waals surface area contributed by atoms with Gasteiger partial charge in [0.2, 0.25) is 0 Å². The average molecular weight is 306 g/mol. The van der Waals surface area contributed by atoms with Gasteiger partial charge in [0.05, 0.1) is 0 Å². The Labute approximate surface area is 132 Å². The van der Waals surface area contributed by atoms with Gasteiger partial charge in [0, 0.05) is 36.9 Å². The third-order valence-electron chi connectivity index (χ3n) is 3.53. The lowest BCUT2D eigenvalue weighted by Gasteiger charge is -2.12. The van der Waals surface area contributed by atoms with Gasteiger partial charge in [0.25, 0.3) is 0 Å². The normalized spacial score (nSPS) is 11.0. The van der Waals surface area contributed by atoms with Crippen LogP contribution in [0.15, 0.2) is 30.6 Å². The molecule has 2 aromatic rings. The van der Waals surface area contributed by atoms with Gasteiger partial charge in [-0.2, -0.15) is 0 Å². The maximum atomic E-state index is 6.14. The van der Waals surface area contributed by atoms with Gasteiger partial charge in [-0.15, -0.1) is 0 Å². The van der Waals surface area contributed by atoms with Crippen LogP contribution in [0, 0.1) is 0 Å². The molecule has 0 spiro atoms. The van der Waals surface area contributed by atoms with Crippen molar-refractivity contribution in [1.29, 1.82) is 0 Å². The zero-order chi connectivity index (χ0) is 15.1. The molecule has 1 aromatic carbocycles. The van der Waals surface area contributed by atoms with E-state index in [0.717, 1.165) is 49.7 Å². The van der Waals surface area contributed by atoms with Crippen molar-refractivity contribution in [2.75, 3.05) is 6.54 Å². The van der Waals surface area contributed by atoms with E-state index in [1.54, 1.807) is 0 Å². The summed E-state index contributed by atoms with van der Waals surface area (Å²) >= 11 is 6.14. The minimum absolute atomic E-state index is 0.795. The SMILES string of the molecule is CCCNCc1cc(Cl)ccc1Cc1nccn1CCC. The third kappa shape index (κ3) is 4.58. The molecular formula is C17H24ClN3. The molecule has 1 aromatic heterocycles. The summed E-state index contributed by atoms with van der Waals surface area (Å²) in [6.07, 6.45) is 7.05. The van der Waals surface area contributed by atoms with Gasteiger partial charge < -0.3 is 9.88 Å². The van der Waals surface area contributed by atoms with Crippen LogP contribution in [0.3, 0.4) is 0 Å². The highest BCUT2D eigenvalue weighted by Gasteiger charge is 2.08. The second-order valence-electron chi connectivity index (χ2n) is 5.30. The fourth-order valence-electron chi connectivity index (χ4n) is 2.45. The standard InChI is InChI=1S/C17H24ClN3/c1-3-7-19-13-15-11-16(18)6-5-14(15)12-17-20-8-10-21(17)9-4-2/h5-6,8,10-11,19H,3-4,7,9,12-13H2,1-2H3. The molecule has 1 heterocycles. The Balaban J connectivity index is 2.16. The van der Waals surface area contributed by atoms with E-state index >= 15 is 0 Å². The fraction of sp³-hybridized carbons (Fsp3) is 0.471. The molecule has 21 heavy (non-hydrogen) atoms. The monoisotopic (exact) mass is 305 g/mol. The van der Waals surface area contributed by atoms with E-state index in [-0.39, 0.29) is 0 Å². The van der Waals surface area contributed by atoms with Gasteiger partial charge in [-0.1, -0.05) is 31.5 Å². The lowest BCUT2D eigenvalue weighted by atomic mass is 10.0. The highest BCUT2D eigenvalue weighted by atomic mass is 35.5. The summed E-state index contributed by atoms with van der Waals surface area (Å²) < 4.78 is 2.23. The first-order valence-corrected chi connectivity index (χ1v) is 8.10. The lowest BCUT2D eigenvalue weighted by molar-refractivity contribution is 0.642. The van der Waals surface area contributed by atoms with E-state index in [4.69, 9.17) is 11.6 Å². The number of hydrogen-bond donors (Lipinski definition) is 1. The van der Waals surface area contributed by atoms with Crippen LogP contribution in [0.25, 0.3) is 0 Å². The van der Waals surface area contributed by atoms with Crippen LogP contribution < -0.4 is 5.32 Å². The molecule has 0 saturated heterocycles. The number of aromatic nitrogens is 2. The number of halogens is 1. The minimum Gasteiger partial charge on any atom is -0.335 e. The van der Waals surface area contributed by atoms with Gasteiger partial charge in [-0.25, -0.2) is 4.98 Å². The molecule has 0 aliphatic rings. The number of nitrogens with one attached hydrogen (secondary N) is 1. The molecule has 0 atom stereocenters. The Morgan fingerprint density at radius 3 is 2.81 bits per heavy atom. The van der Waals surface area contributed by atoms with Crippen LogP contribution in [-0.2, 0) is 19.5 Å². The minimum atomic E-state index is 0.795. The van der Waals surface area contributed by atoms with Crippen molar-refractivity contribution >= 4 is 11.6 Å². The Hall–Kier alpha value is -1.32. The zero-order valence-electron chi connectivity index (χ0n) is 12.9. The summed E-state index contributed by atoms with van der Waals surface area (Å²) in [4.78, 5) is 4.50. The van der Waals surface area contributed by atoms with Gasteiger partial charge in [0.15, 0.2) is 0 Å². The first-order valence-electron chi connectivity index (χ1n) is 7.72. The second kappa shape index (κ2) is 8.20. The number of rotatable bonds is 8.